The maximum absolute atomic E-state index is 11.5. The van der Waals surface area contributed by atoms with Gasteiger partial charge in [0.15, 0.2) is 9.84 Å². The van der Waals surface area contributed by atoms with E-state index in [1.54, 1.807) is 6.92 Å². The predicted octanol–water partition coefficient (Wildman–Crippen LogP) is -0.337. The molecule has 0 aromatic carbocycles. The topological polar surface area (TPSA) is 80.4 Å². The molecule has 1 rings (SSSR count). The Labute approximate surface area is 79.0 Å². The van der Waals surface area contributed by atoms with Gasteiger partial charge in [0.05, 0.1) is 11.9 Å². The summed E-state index contributed by atoms with van der Waals surface area (Å²) in [5.41, 5.74) is 5.13. The van der Waals surface area contributed by atoms with Crippen LogP contribution in [0.25, 0.3) is 0 Å². The third-order valence-electron chi connectivity index (χ3n) is 2.82. The minimum atomic E-state index is -2.97. The van der Waals surface area contributed by atoms with Crippen molar-refractivity contribution in [2.24, 2.45) is 5.73 Å². The molecular formula is C8H17NO3S. The first-order valence-corrected chi connectivity index (χ1v) is 6.26. The fourth-order valence-corrected chi connectivity index (χ4v) is 3.33. The summed E-state index contributed by atoms with van der Waals surface area (Å²) in [5, 5.41) is 8.62. The van der Waals surface area contributed by atoms with Gasteiger partial charge in [0, 0.05) is 11.3 Å². The fraction of sp³-hybridized carbons (Fsp3) is 1.00. The molecule has 1 aliphatic rings. The minimum Gasteiger partial charge on any atom is -0.394 e. The zero-order valence-electron chi connectivity index (χ0n) is 7.86. The van der Waals surface area contributed by atoms with Crippen LogP contribution in [0.2, 0.25) is 0 Å². The van der Waals surface area contributed by atoms with Crippen LogP contribution in [0.5, 0.6) is 0 Å². The summed E-state index contributed by atoms with van der Waals surface area (Å²) in [6, 6.07) is 0. The smallest absolute Gasteiger partial charge is 0.152 e. The summed E-state index contributed by atoms with van der Waals surface area (Å²) in [6.45, 7) is 1.52. The van der Waals surface area contributed by atoms with Crippen LogP contribution in [0.1, 0.15) is 26.2 Å². The van der Waals surface area contributed by atoms with Crippen molar-refractivity contribution in [2.45, 2.75) is 37.0 Å². The number of hydrogen-bond acceptors (Lipinski definition) is 4. The maximum Gasteiger partial charge on any atom is 0.152 e. The van der Waals surface area contributed by atoms with Crippen molar-refractivity contribution in [3.05, 3.63) is 0 Å². The molecule has 3 N–H and O–H groups in total. The number of rotatable bonds is 3. The van der Waals surface area contributed by atoms with Gasteiger partial charge in [-0.1, -0.05) is 6.92 Å². The molecule has 0 heterocycles. The second kappa shape index (κ2) is 3.55. The molecule has 0 saturated heterocycles. The molecule has 0 aromatic rings. The Hall–Kier alpha value is -0.130. The number of hydrogen-bond donors (Lipinski definition) is 2. The largest absolute Gasteiger partial charge is 0.394 e. The molecule has 0 bridgehead atoms. The molecular weight excluding hydrogens is 190 g/mol. The van der Waals surface area contributed by atoms with Crippen molar-refractivity contribution in [3.8, 4) is 0 Å². The van der Waals surface area contributed by atoms with Crippen molar-refractivity contribution < 1.29 is 13.5 Å². The molecule has 78 valence electrons. The molecule has 2 atom stereocenters. The van der Waals surface area contributed by atoms with Crippen molar-refractivity contribution in [3.63, 3.8) is 0 Å². The number of sulfone groups is 1. The lowest BCUT2D eigenvalue weighted by atomic mass is 10.0. The average Bonchev–Trinajstić information content (AvgIpc) is 2.50. The van der Waals surface area contributed by atoms with E-state index >= 15 is 0 Å². The second-order valence-corrected chi connectivity index (χ2v) is 6.41. The highest BCUT2D eigenvalue weighted by Crippen LogP contribution is 2.32. The van der Waals surface area contributed by atoms with E-state index in [-0.39, 0.29) is 17.6 Å². The summed E-state index contributed by atoms with van der Waals surface area (Å²) >= 11 is 0. The zero-order valence-corrected chi connectivity index (χ0v) is 8.68. The Morgan fingerprint density at radius 1 is 1.62 bits per heavy atom. The summed E-state index contributed by atoms with van der Waals surface area (Å²) in [6.07, 6.45) is 1.60. The van der Waals surface area contributed by atoms with Gasteiger partial charge in [0.25, 0.3) is 0 Å². The molecule has 0 radical (unpaired) electrons. The van der Waals surface area contributed by atoms with Gasteiger partial charge in [0.2, 0.25) is 0 Å². The summed E-state index contributed by atoms with van der Waals surface area (Å²) in [7, 11) is -2.97. The Kier molecular flexibility index (Phi) is 2.99. The average molecular weight is 207 g/mol. The van der Waals surface area contributed by atoms with E-state index in [1.807, 2.05) is 0 Å². The van der Waals surface area contributed by atoms with Gasteiger partial charge < -0.3 is 10.8 Å². The third kappa shape index (κ3) is 2.21. The summed E-state index contributed by atoms with van der Waals surface area (Å²) in [5.74, 6) is 0.166. The van der Waals surface area contributed by atoms with E-state index in [4.69, 9.17) is 10.8 Å². The highest BCUT2D eigenvalue weighted by molar-refractivity contribution is 7.92. The van der Waals surface area contributed by atoms with Gasteiger partial charge in [-0.25, -0.2) is 8.42 Å². The Bertz CT molecular complexity index is 275. The van der Waals surface area contributed by atoms with Crippen molar-refractivity contribution in [1.29, 1.82) is 0 Å². The molecule has 1 saturated carbocycles. The molecule has 5 heteroatoms. The third-order valence-corrected chi connectivity index (χ3v) is 5.05. The van der Waals surface area contributed by atoms with E-state index in [9.17, 15) is 8.42 Å². The van der Waals surface area contributed by atoms with Crippen LogP contribution in [0.15, 0.2) is 0 Å². The lowest BCUT2D eigenvalue weighted by Gasteiger charge is -2.20. The Morgan fingerprint density at radius 2 is 2.23 bits per heavy atom. The van der Waals surface area contributed by atoms with E-state index in [1.165, 1.54) is 0 Å². The fourth-order valence-electron chi connectivity index (χ4n) is 1.79. The molecule has 1 fully saturated rings. The number of nitrogens with two attached hydrogens (primary N) is 1. The van der Waals surface area contributed by atoms with E-state index in [0.717, 1.165) is 0 Å². The normalized spacial score (nSPS) is 35.2. The lowest BCUT2D eigenvalue weighted by Crippen LogP contribution is -2.41. The van der Waals surface area contributed by atoms with E-state index in [2.05, 4.69) is 0 Å². The van der Waals surface area contributed by atoms with Crippen molar-refractivity contribution >= 4 is 9.84 Å². The summed E-state index contributed by atoms with van der Waals surface area (Å²) < 4.78 is 22.9. The summed E-state index contributed by atoms with van der Waals surface area (Å²) in [4.78, 5) is 0. The minimum absolute atomic E-state index is 0.122. The molecule has 13 heavy (non-hydrogen) atoms. The van der Waals surface area contributed by atoms with E-state index < -0.39 is 15.4 Å². The zero-order chi connectivity index (χ0) is 10.1. The Morgan fingerprint density at radius 3 is 2.62 bits per heavy atom. The van der Waals surface area contributed by atoms with Gasteiger partial charge >= 0.3 is 0 Å². The molecule has 0 amide bonds. The molecule has 0 aromatic heterocycles. The van der Waals surface area contributed by atoms with Crippen LogP contribution in [0.4, 0.5) is 0 Å². The van der Waals surface area contributed by atoms with Gasteiger partial charge in [-0.05, 0) is 19.3 Å². The first kappa shape index (κ1) is 10.9. The van der Waals surface area contributed by atoms with Crippen LogP contribution in [-0.4, -0.2) is 36.7 Å². The number of aliphatic hydroxyl groups excluding tert-OH is 1. The van der Waals surface area contributed by atoms with Crippen molar-refractivity contribution in [1.82, 2.24) is 0 Å². The standard InChI is InChI=1S/C8H17NO3S/c1-2-13(11,12)7-3-4-8(9,5-7)6-10/h7,10H,2-6,9H2,1H3. The second-order valence-electron chi connectivity index (χ2n) is 3.84. The quantitative estimate of drug-likeness (QED) is 0.663. The predicted molar refractivity (Wildman–Crippen MR) is 51.1 cm³/mol. The van der Waals surface area contributed by atoms with Crippen molar-refractivity contribution in [2.75, 3.05) is 12.4 Å². The van der Waals surface area contributed by atoms with E-state index in [0.29, 0.717) is 19.3 Å². The van der Waals surface area contributed by atoms with Gasteiger partial charge in [0.1, 0.15) is 0 Å². The van der Waals surface area contributed by atoms with Gasteiger partial charge in [-0.2, -0.15) is 0 Å². The molecule has 0 spiro atoms. The SMILES string of the molecule is CCS(=O)(=O)C1CCC(N)(CO)C1. The molecule has 2 unspecified atom stereocenters. The molecule has 4 nitrogen and oxygen atoms in total. The first-order valence-electron chi connectivity index (χ1n) is 4.55. The first-order chi connectivity index (χ1) is 5.93. The monoisotopic (exact) mass is 207 g/mol. The number of aliphatic hydroxyl groups is 1. The Balaban J connectivity index is 2.71. The van der Waals surface area contributed by atoms with Crippen LogP contribution in [-0.2, 0) is 9.84 Å². The van der Waals surface area contributed by atoms with Crippen LogP contribution >= 0.6 is 0 Å². The highest BCUT2D eigenvalue weighted by Gasteiger charge is 2.40. The van der Waals surface area contributed by atoms with Crippen LogP contribution in [0.3, 0.4) is 0 Å². The van der Waals surface area contributed by atoms with Gasteiger partial charge in [-0.15, -0.1) is 0 Å². The van der Waals surface area contributed by atoms with Gasteiger partial charge in [-0.3, -0.25) is 0 Å². The molecule has 0 aliphatic heterocycles. The maximum atomic E-state index is 11.5. The highest BCUT2D eigenvalue weighted by atomic mass is 32.2. The van der Waals surface area contributed by atoms with Crippen LogP contribution in [0, 0.1) is 0 Å². The molecule has 1 aliphatic carbocycles. The van der Waals surface area contributed by atoms with Crippen LogP contribution < -0.4 is 5.73 Å². The lowest BCUT2D eigenvalue weighted by molar-refractivity contribution is 0.200.